The quantitative estimate of drug-likeness (QED) is 0.786. The molecule has 1 spiro atoms. The summed E-state index contributed by atoms with van der Waals surface area (Å²) >= 11 is 0. The minimum absolute atomic E-state index is 0.0688. The minimum Gasteiger partial charge on any atom is -0.440 e. The van der Waals surface area contributed by atoms with Gasteiger partial charge in [0.05, 0.1) is 18.2 Å². The van der Waals surface area contributed by atoms with E-state index in [2.05, 4.69) is 5.32 Å². The topological polar surface area (TPSA) is 119 Å². The maximum absolute atomic E-state index is 13.8. The number of aromatic nitrogens is 1. The van der Waals surface area contributed by atoms with Crippen molar-refractivity contribution in [1.29, 1.82) is 5.26 Å². The first-order valence-electron chi connectivity index (χ1n) is 9.84. The predicted octanol–water partition coefficient (Wildman–Crippen LogP) is 1.66. The number of rotatable bonds is 2. The predicted molar refractivity (Wildman–Crippen MR) is 108 cm³/mol. The molecule has 152 valence electrons. The van der Waals surface area contributed by atoms with E-state index in [4.69, 9.17) is 15.2 Å². The molecule has 30 heavy (non-hydrogen) atoms. The van der Waals surface area contributed by atoms with E-state index in [0.717, 1.165) is 12.8 Å². The van der Waals surface area contributed by atoms with Gasteiger partial charge >= 0.3 is 0 Å². The van der Waals surface area contributed by atoms with Crippen LogP contribution in [0.2, 0.25) is 0 Å². The first-order chi connectivity index (χ1) is 14.5. The zero-order chi connectivity index (χ0) is 21.0. The molecular formula is C22H20N4O4. The van der Waals surface area contributed by atoms with E-state index in [1.54, 1.807) is 41.8 Å². The van der Waals surface area contributed by atoms with Crippen molar-refractivity contribution < 1.29 is 14.3 Å². The van der Waals surface area contributed by atoms with Crippen LogP contribution in [0.1, 0.15) is 29.7 Å². The molecule has 1 aromatic carbocycles. The largest absolute Gasteiger partial charge is 0.440 e. The standard InChI is InChI=1S/C22H20N4O4/c1-12-9-17-18(20(27)26(12)11-13-5-4-8-29-13)22(15(10-23)19(24)30-17)14-6-2-3-7-16(14)25-21(22)28/h2-3,6-7,9,13H,4-5,8,11,24H2,1H3,(H,25,28)/t13-,22+/m1/s1. The number of nitrogens with one attached hydrogen (secondary N) is 1. The van der Waals surface area contributed by atoms with Crippen LogP contribution in [0.25, 0.3) is 0 Å². The molecule has 3 aliphatic rings. The monoisotopic (exact) mass is 404 g/mol. The summed E-state index contributed by atoms with van der Waals surface area (Å²) in [5, 5.41) is 12.7. The highest BCUT2D eigenvalue weighted by Gasteiger charge is 2.58. The van der Waals surface area contributed by atoms with E-state index < -0.39 is 11.3 Å². The number of amides is 1. The Morgan fingerprint density at radius 1 is 1.37 bits per heavy atom. The third kappa shape index (κ3) is 2.30. The number of anilines is 1. The van der Waals surface area contributed by atoms with Gasteiger partial charge in [-0.1, -0.05) is 18.2 Å². The molecule has 1 aromatic heterocycles. The fourth-order valence-corrected chi connectivity index (χ4v) is 4.76. The van der Waals surface area contributed by atoms with Gasteiger partial charge in [-0.05, 0) is 25.8 Å². The summed E-state index contributed by atoms with van der Waals surface area (Å²) in [4.78, 5) is 27.2. The number of hydrogen-bond donors (Lipinski definition) is 2. The van der Waals surface area contributed by atoms with Crippen LogP contribution < -0.4 is 21.3 Å². The Morgan fingerprint density at radius 3 is 2.90 bits per heavy atom. The van der Waals surface area contributed by atoms with Crippen LogP contribution in [0.4, 0.5) is 5.69 Å². The smallest absolute Gasteiger partial charge is 0.259 e. The summed E-state index contributed by atoms with van der Waals surface area (Å²) in [5.74, 6) is -0.464. The SMILES string of the molecule is Cc1cc2c(c(=O)n1C[C@H]1CCCO1)[C@@]1(C(=O)Nc3ccccc31)C(C#N)=C(N)O2. The van der Waals surface area contributed by atoms with E-state index in [9.17, 15) is 14.9 Å². The average Bonchev–Trinajstić information content (AvgIpc) is 3.32. The van der Waals surface area contributed by atoms with Crippen LogP contribution in [0.15, 0.2) is 46.6 Å². The summed E-state index contributed by atoms with van der Waals surface area (Å²) in [7, 11) is 0. The highest BCUT2D eigenvalue weighted by molar-refractivity contribution is 6.12. The Kier molecular flexibility index (Phi) is 3.98. The van der Waals surface area contributed by atoms with Crippen LogP contribution in [0.5, 0.6) is 5.75 Å². The summed E-state index contributed by atoms with van der Waals surface area (Å²) in [6.07, 6.45) is 1.74. The molecule has 3 aliphatic heterocycles. The minimum atomic E-state index is -1.65. The Labute approximate surface area is 172 Å². The highest BCUT2D eigenvalue weighted by atomic mass is 16.5. The number of benzene rings is 1. The Balaban J connectivity index is 1.83. The van der Waals surface area contributed by atoms with Crippen LogP contribution in [-0.4, -0.2) is 23.2 Å². The van der Waals surface area contributed by atoms with Gasteiger partial charge in [0, 0.05) is 29.6 Å². The number of fused-ring (bicyclic) bond motifs is 4. The Bertz CT molecular complexity index is 1220. The molecule has 1 saturated heterocycles. The van der Waals surface area contributed by atoms with E-state index in [0.29, 0.717) is 30.1 Å². The van der Waals surface area contributed by atoms with Crippen molar-refractivity contribution in [2.24, 2.45) is 5.73 Å². The van der Waals surface area contributed by atoms with Gasteiger partial charge in [0.2, 0.25) is 11.8 Å². The second-order valence-corrected chi connectivity index (χ2v) is 7.78. The van der Waals surface area contributed by atoms with E-state index in [1.807, 2.05) is 6.07 Å². The molecule has 0 unspecified atom stereocenters. The van der Waals surface area contributed by atoms with Gasteiger partial charge in [-0.25, -0.2) is 0 Å². The molecule has 8 heteroatoms. The number of nitriles is 1. The zero-order valence-corrected chi connectivity index (χ0v) is 16.4. The van der Waals surface area contributed by atoms with Gasteiger partial charge < -0.3 is 25.1 Å². The number of pyridine rings is 1. The normalized spacial score (nSPS) is 24.3. The summed E-state index contributed by atoms with van der Waals surface area (Å²) in [6, 6.07) is 10.7. The van der Waals surface area contributed by atoms with Gasteiger partial charge in [-0.2, -0.15) is 5.26 Å². The zero-order valence-electron chi connectivity index (χ0n) is 16.4. The van der Waals surface area contributed by atoms with Crippen LogP contribution in [-0.2, 0) is 21.5 Å². The van der Waals surface area contributed by atoms with Crippen molar-refractivity contribution in [3.8, 4) is 11.8 Å². The number of carbonyl (C=O) groups excluding carboxylic acids is 1. The Hall–Kier alpha value is -3.57. The molecule has 3 N–H and O–H groups in total. The third-order valence-electron chi connectivity index (χ3n) is 6.13. The molecule has 0 aliphatic carbocycles. The molecule has 4 heterocycles. The number of carbonyl (C=O) groups is 1. The van der Waals surface area contributed by atoms with Gasteiger partial charge in [0.15, 0.2) is 5.41 Å². The first kappa shape index (κ1) is 18.5. The maximum Gasteiger partial charge on any atom is 0.259 e. The van der Waals surface area contributed by atoms with Gasteiger partial charge in [-0.3, -0.25) is 9.59 Å². The Morgan fingerprint density at radius 2 is 2.17 bits per heavy atom. The van der Waals surface area contributed by atoms with Gasteiger partial charge in [-0.15, -0.1) is 0 Å². The average molecular weight is 404 g/mol. The lowest BCUT2D eigenvalue weighted by molar-refractivity contribution is -0.118. The molecule has 8 nitrogen and oxygen atoms in total. The number of hydrogen-bond acceptors (Lipinski definition) is 6. The fraction of sp³-hybridized carbons (Fsp3) is 0.318. The lowest BCUT2D eigenvalue weighted by Gasteiger charge is -2.34. The lowest BCUT2D eigenvalue weighted by atomic mass is 9.69. The summed E-state index contributed by atoms with van der Waals surface area (Å²) in [5.41, 5.74) is 5.81. The third-order valence-corrected chi connectivity index (χ3v) is 6.13. The lowest BCUT2D eigenvalue weighted by Crippen LogP contribution is -2.48. The second-order valence-electron chi connectivity index (χ2n) is 7.78. The molecule has 0 saturated carbocycles. The van der Waals surface area contributed by atoms with Gasteiger partial charge in [0.1, 0.15) is 17.4 Å². The van der Waals surface area contributed by atoms with Crippen molar-refractivity contribution in [2.45, 2.75) is 37.8 Å². The van der Waals surface area contributed by atoms with Crippen molar-refractivity contribution in [3.63, 3.8) is 0 Å². The number of aryl methyl sites for hydroxylation is 1. The molecule has 2 atom stereocenters. The number of ether oxygens (including phenoxy) is 2. The van der Waals surface area contributed by atoms with Crippen LogP contribution in [0, 0.1) is 18.3 Å². The number of para-hydroxylation sites is 1. The van der Waals surface area contributed by atoms with E-state index in [-0.39, 0.29) is 34.4 Å². The number of nitrogens with zero attached hydrogens (tertiary/aromatic N) is 2. The first-order valence-corrected chi connectivity index (χ1v) is 9.84. The highest BCUT2D eigenvalue weighted by Crippen LogP contribution is 2.51. The molecule has 2 aromatic rings. The molecular weight excluding hydrogens is 384 g/mol. The second kappa shape index (κ2) is 6.47. The number of nitrogens with two attached hydrogens (primary N) is 1. The van der Waals surface area contributed by atoms with Crippen molar-refractivity contribution in [1.82, 2.24) is 4.57 Å². The molecule has 5 rings (SSSR count). The molecule has 0 bridgehead atoms. The molecule has 0 radical (unpaired) electrons. The van der Waals surface area contributed by atoms with E-state index >= 15 is 0 Å². The fourth-order valence-electron chi connectivity index (χ4n) is 4.76. The molecule has 1 amide bonds. The van der Waals surface area contributed by atoms with E-state index in [1.165, 1.54) is 0 Å². The van der Waals surface area contributed by atoms with Crippen molar-refractivity contribution in [3.05, 3.63) is 69.0 Å². The van der Waals surface area contributed by atoms with Crippen LogP contribution in [0.3, 0.4) is 0 Å². The summed E-state index contributed by atoms with van der Waals surface area (Å²) in [6.45, 7) is 2.84. The van der Waals surface area contributed by atoms with Gasteiger partial charge in [0.25, 0.3) is 5.56 Å². The molecule has 1 fully saturated rings. The van der Waals surface area contributed by atoms with Crippen molar-refractivity contribution in [2.75, 3.05) is 11.9 Å². The summed E-state index contributed by atoms with van der Waals surface area (Å²) < 4.78 is 13.0. The van der Waals surface area contributed by atoms with Crippen LogP contribution >= 0.6 is 0 Å². The van der Waals surface area contributed by atoms with Crippen molar-refractivity contribution >= 4 is 11.6 Å². The maximum atomic E-state index is 13.8.